The highest BCUT2D eigenvalue weighted by molar-refractivity contribution is 7.22. The molecule has 0 saturated carbocycles. The van der Waals surface area contributed by atoms with Crippen LogP contribution in [0.15, 0.2) is 30.3 Å². The molecule has 1 aromatic heterocycles. The predicted molar refractivity (Wildman–Crippen MR) is 104 cm³/mol. The highest BCUT2D eigenvalue weighted by Crippen LogP contribution is 2.29. The van der Waals surface area contributed by atoms with Gasteiger partial charge in [0.2, 0.25) is 0 Å². The van der Waals surface area contributed by atoms with Gasteiger partial charge in [-0.15, -0.1) is 0 Å². The largest absolute Gasteiger partial charge is 0.452 e. The summed E-state index contributed by atoms with van der Waals surface area (Å²) in [5.41, 5.74) is 3.25. The third-order valence-electron chi connectivity index (χ3n) is 3.57. The molecule has 2 aromatic carbocycles. The topological polar surface area (TPSA) is 68.3 Å². The average Bonchev–Trinajstić information content (AvgIpc) is 2.97. The van der Waals surface area contributed by atoms with Crippen molar-refractivity contribution in [3.63, 3.8) is 0 Å². The fraction of sp³-hybridized carbons (Fsp3) is 0.167. The normalized spacial score (nSPS) is 10.8. The molecule has 0 unspecified atom stereocenters. The molecule has 5 nitrogen and oxygen atoms in total. The SMILES string of the molecule is Cc1cc(C)c2nc(NC(=O)COC(=O)c3ccc(Cl)c(Cl)c3)sc2c1. The van der Waals surface area contributed by atoms with E-state index in [2.05, 4.69) is 10.3 Å². The summed E-state index contributed by atoms with van der Waals surface area (Å²) in [4.78, 5) is 28.4. The van der Waals surface area contributed by atoms with Gasteiger partial charge in [0.05, 0.1) is 25.8 Å². The van der Waals surface area contributed by atoms with E-state index in [4.69, 9.17) is 27.9 Å². The Morgan fingerprint density at radius 1 is 1.15 bits per heavy atom. The molecule has 1 amide bonds. The number of carbonyl (C=O) groups is 2. The molecule has 134 valence electrons. The van der Waals surface area contributed by atoms with Crippen molar-refractivity contribution in [1.82, 2.24) is 4.98 Å². The number of nitrogens with one attached hydrogen (secondary N) is 1. The first-order valence-corrected chi connectivity index (χ1v) is 9.20. The van der Waals surface area contributed by atoms with E-state index in [-0.39, 0.29) is 10.6 Å². The smallest absolute Gasteiger partial charge is 0.338 e. The zero-order valence-corrected chi connectivity index (χ0v) is 16.3. The van der Waals surface area contributed by atoms with Crippen LogP contribution in [0.3, 0.4) is 0 Å². The molecule has 0 spiro atoms. The maximum Gasteiger partial charge on any atom is 0.338 e. The minimum absolute atomic E-state index is 0.221. The molecule has 0 aliphatic rings. The van der Waals surface area contributed by atoms with E-state index in [0.717, 1.165) is 21.3 Å². The van der Waals surface area contributed by atoms with E-state index in [1.165, 1.54) is 29.5 Å². The fourth-order valence-electron chi connectivity index (χ4n) is 2.42. The Labute approximate surface area is 163 Å². The molecule has 0 bridgehead atoms. The van der Waals surface area contributed by atoms with E-state index >= 15 is 0 Å². The molecule has 0 aliphatic heterocycles. The number of amides is 1. The van der Waals surface area contributed by atoms with Crippen LogP contribution in [0.1, 0.15) is 21.5 Å². The van der Waals surface area contributed by atoms with Crippen LogP contribution < -0.4 is 5.32 Å². The van der Waals surface area contributed by atoms with E-state index in [9.17, 15) is 9.59 Å². The van der Waals surface area contributed by atoms with Gasteiger partial charge in [-0.2, -0.15) is 0 Å². The lowest BCUT2D eigenvalue weighted by Crippen LogP contribution is -2.20. The second kappa shape index (κ2) is 7.61. The Morgan fingerprint density at radius 3 is 2.65 bits per heavy atom. The molecular formula is C18H14Cl2N2O3S. The summed E-state index contributed by atoms with van der Waals surface area (Å²) in [6.45, 7) is 3.56. The van der Waals surface area contributed by atoms with Crippen molar-refractivity contribution in [1.29, 1.82) is 0 Å². The molecule has 8 heteroatoms. The number of anilines is 1. The number of ether oxygens (including phenoxy) is 1. The van der Waals surface area contributed by atoms with Crippen LogP contribution in [0, 0.1) is 13.8 Å². The maximum absolute atomic E-state index is 12.0. The molecule has 3 rings (SSSR count). The number of halogens is 2. The van der Waals surface area contributed by atoms with Crippen molar-refractivity contribution in [3.05, 3.63) is 57.1 Å². The Kier molecular flexibility index (Phi) is 5.46. The Morgan fingerprint density at radius 2 is 1.92 bits per heavy atom. The van der Waals surface area contributed by atoms with Crippen LogP contribution in [0.4, 0.5) is 5.13 Å². The number of nitrogens with zero attached hydrogens (tertiary/aromatic N) is 1. The number of thiazole rings is 1. The van der Waals surface area contributed by atoms with Gasteiger partial charge in [0, 0.05) is 0 Å². The lowest BCUT2D eigenvalue weighted by atomic mass is 10.1. The Hall–Kier alpha value is -2.15. The number of hydrogen-bond acceptors (Lipinski definition) is 5. The summed E-state index contributed by atoms with van der Waals surface area (Å²) in [5, 5.41) is 3.69. The van der Waals surface area contributed by atoms with Crippen molar-refractivity contribution in [3.8, 4) is 0 Å². The van der Waals surface area contributed by atoms with Gasteiger partial charge in [-0.25, -0.2) is 9.78 Å². The van der Waals surface area contributed by atoms with Crippen LogP contribution in [-0.2, 0) is 9.53 Å². The van der Waals surface area contributed by atoms with Gasteiger partial charge in [-0.3, -0.25) is 10.1 Å². The van der Waals surface area contributed by atoms with Gasteiger partial charge in [-0.05, 0) is 49.2 Å². The number of aromatic nitrogens is 1. The lowest BCUT2D eigenvalue weighted by molar-refractivity contribution is -0.119. The minimum atomic E-state index is -0.658. The number of benzene rings is 2. The first-order chi connectivity index (χ1) is 12.3. The summed E-state index contributed by atoms with van der Waals surface area (Å²) in [7, 11) is 0. The van der Waals surface area contributed by atoms with Crippen LogP contribution in [0.5, 0.6) is 0 Å². The van der Waals surface area contributed by atoms with Crippen molar-refractivity contribution >= 4 is 61.8 Å². The monoisotopic (exact) mass is 408 g/mol. The molecule has 3 aromatic rings. The minimum Gasteiger partial charge on any atom is -0.452 e. The van der Waals surface area contributed by atoms with Crippen molar-refractivity contribution in [2.24, 2.45) is 0 Å². The van der Waals surface area contributed by atoms with E-state index in [1.807, 2.05) is 26.0 Å². The van der Waals surface area contributed by atoms with Crippen molar-refractivity contribution in [2.45, 2.75) is 13.8 Å². The first kappa shape index (κ1) is 18.6. The summed E-state index contributed by atoms with van der Waals surface area (Å²) in [6.07, 6.45) is 0. The summed E-state index contributed by atoms with van der Waals surface area (Å²) in [5.74, 6) is -1.12. The molecule has 1 heterocycles. The highest BCUT2D eigenvalue weighted by Gasteiger charge is 2.14. The molecule has 0 aliphatic carbocycles. The van der Waals surface area contributed by atoms with Gasteiger partial charge >= 0.3 is 5.97 Å². The number of fused-ring (bicyclic) bond motifs is 1. The van der Waals surface area contributed by atoms with Crippen LogP contribution in [0.2, 0.25) is 10.0 Å². The van der Waals surface area contributed by atoms with Gasteiger partial charge in [0.15, 0.2) is 11.7 Å². The summed E-state index contributed by atoms with van der Waals surface area (Å²) >= 11 is 13.0. The number of rotatable bonds is 4. The molecule has 1 N–H and O–H groups in total. The number of carbonyl (C=O) groups excluding carboxylic acids is 2. The Bertz CT molecular complexity index is 1020. The molecular weight excluding hydrogens is 395 g/mol. The second-order valence-electron chi connectivity index (χ2n) is 5.70. The van der Waals surface area contributed by atoms with E-state index in [1.54, 1.807) is 0 Å². The van der Waals surface area contributed by atoms with Crippen molar-refractivity contribution in [2.75, 3.05) is 11.9 Å². The van der Waals surface area contributed by atoms with Crippen molar-refractivity contribution < 1.29 is 14.3 Å². The van der Waals surface area contributed by atoms with Crippen LogP contribution >= 0.6 is 34.5 Å². The fourth-order valence-corrected chi connectivity index (χ4v) is 3.77. The molecule has 26 heavy (non-hydrogen) atoms. The van der Waals surface area contributed by atoms with E-state index < -0.39 is 18.5 Å². The number of hydrogen-bond donors (Lipinski definition) is 1. The molecule has 0 saturated heterocycles. The predicted octanol–water partition coefficient (Wildman–Crippen LogP) is 5.02. The third kappa shape index (κ3) is 4.15. The average molecular weight is 409 g/mol. The molecule has 0 atom stereocenters. The third-order valence-corrected chi connectivity index (χ3v) is 5.22. The van der Waals surface area contributed by atoms with Gasteiger partial charge in [0.1, 0.15) is 0 Å². The summed E-state index contributed by atoms with van der Waals surface area (Å²) in [6, 6.07) is 8.41. The standard InChI is InChI=1S/C18H14Cl2N2O3S/c1-9-5-10(2)16-14(6-9)26-18(22-16)21-15(23)8-25-17(24)11-3-4-12(19)13(20)7-11/h3-7H,8H2,1-2H3,(H,21,22,23). The highest BCUT2D eigenvalue weighted by atomic mass is 35.5. The maximum atomic E-state index is 12.0. The number of esters is 1. The van der Waals surface area contributed by atoms with Gasteiger partial charge < -0.3 is 4.74 Å². The van der Waals surface area contributed by atoms with E-state index in [0.29, 0.717) is 10.2 Å². The molecule has 0 radical (unpaired) electrons. The first-order valence-electron chi connectivity index (χ1n) is 7.63. The zero-order chi connectivity index (χ0) is 18.8. The van der Waals surface area contributed by atoms with Gasteiger partial charge in [0.25, 0.3) is 5.91 Å². The molecule has 0 fully saturated rings. The zero-order valence-electron chi connectivity index (χ0n) is 13.9. The van der Waals surface area contributed by atoms with Crippen LogP contribution in [0.25, 0.3) is 10.2 Å². The number of aryl methyl sites for hydroxylation is 2. The lowest BCUT2D eigenvalue weighted by Gasteiger charge is -2.05. The quantitative estimate of drug-likeness (QED) is 0.615. The summed E-state index contributed by atoms with van der Waals surface area (Å²) < 4.78 is 5.99. The Balaban J connectivity index is 1.63. The second-order valence-corrected chi connectivity index (χ2v) is 7.55. The van der Waals surface area contributed by atoms with Crippen LogP contribution in [-0.4, -0.2) is 23.5 Å². The van der Waals surface area contributed by atoms with Gasteiger partial charge in [-0.1, -0.05) is 40.6 Å².